The Kier molecular flexibility index (Phi) is 6.59. The van der Waals surface area contributed by atoms with Crippen molar-refractivity contribution in [2.75, 3.05) is 5.32 Å². The number of anilines is 1. The Morgan fingerprint density at radius 3 is 2.50 bits per heavy atom. The van der Waals surface area contributed by atoms with Crippen molar-refractivity contribution < 1.29 is 9.21 Å². The van der Waals surface area contributed by atoms with Crippen LogP contribution in [0.3, 0.4) is 0 Å². The van der Waals surface area contributed by atoms with Crippen molar-refractivity contribution in [3.63, 3.8) is 0 Å². The zero-order valence-corrected chi connectivity index (χ0v) is 13.8. The molecule has 1 amide bonds. The normalized spacial score (nSPS) is 13.1. The number of carbonyl (C=O) groups is 1. The summed E-state index contributed by atoms with van der Waals surface area (Å²) in [6.45, 7) is 5.79. The van der Waals surface area contributed by atoms with Crippen LogP contribution in [0.1, 0.15) is 26.2 Å². The zero-order chi connectivity index (χ0) is 15.4. The van der Waals surface area contributed by atoms with E-state index >= 15 is 0 Å². The summed E-state index contributed by atoms with van der Waals surface area (Å²) in [6.07, 6.45) is 2.56. The van der Waals surface area contributed by atoms with Crippen molar-refractivity contribution >= 4 is 24.0 Å². The molecule has 0 spiro atoms. The Hall–Kier alpha value is -1.85. The van der Waals surface area contributed by atoms with Gasteiger partial charge in [0.15, 0.2) is 11.7 Å². The standard InChI is InChI=1S/C16H21N3O2.ClH/c1-4-10(2)15(17)16(20)19-13-7-5-12(6-8-13)14-9-18-11(3)21-14;/h5-10,15H,4,17H2,1-3H3,(H,19,20);1H. The Bertz CT molecular complexity index is 610. The Labute approximate surface area is 136 Å². The fourth-order valence-corrected chi connectivity index (χ4v) is 1.95. The fraction of sp³-hybridized carbons (Fsp3) is 0.375. The number of nitrogens with two attached hydrogens (primary N) is 1. The van der Waals surface area contributed by atoms with Crippen LogP contribution < -0.4 is 11.1 Å². The molecule has 1 heterocycles. The monoisotopic (exact) mass is 323 g/mol. The largest absolute Gasteiger partial charge is 0.441 e. The van der Waals surface area contributed by atoms with E-state index in [-0.39, 0.29) is 24.2 Å². The predicted molar refractivity (Wildman–Crippen MR) is 90.0 cm³/mol. The number of nitrogens with zero attached hydrogens (tertiary/aromatic N) is 1. The van der Waals surface area contributed by atoms with Crippen molar-refractivity contribution in [1.29, 1.82) is 0 Å². The third-order valence-corrected chi connectivity index (χ3v) is 3.62. The summed E-state index contributed by atoms with van der Waals surface area (Å²) in [6, 6.07) is 6.92. The summed E-state index contributed by atoms with van der Waals surface area (Å²) in [7, 11) is 0. The maximum absolute atomic E-state index is 12.0. The molecule has 0 aliphatic carbocycles. The second-order valence-corrected chi connectivity index (χ2v) is 5.22. The van der Waals surface area contributed by atoms with E-state index in [1.165, 1.54) is 0 Å². The van der Waals surface area contributed by atoms with Gasteiger partial charge in [-0.3, -0.25) is 4.79 Å². The summed E-state index contributed by atoms with van der Waals surface area (Å²) >= 11 is 0. The Morgan fingerprint density at radius 1 is 1.36 bits per heavy atom. The lowest BCUT2D eigenvalue weighted by Gasteiger charge is -2.17. The maximum atomic E-state index is 12.0. The minimum atomic E-state index is -0.494. The number of rotatable bonds is 5. The van der Waals surface area contributed by atoms with Crippen LogP contribution in [0, 0.1) is 12.8 Å². The second kappa shape index (κ2) is 7.96. The number of halogens is 1. The van der Waals surface area contributed by atoms with E-state index in [1.54, 1.807) is 13.1 Å². The first-order chi connectivity index (χ1) is 10.0. The van der Waals surface area contributed by atoms with Crippen LogP contribution in [0.4, 0.5) is 5.69 Å². The topological polar surface area (TPSA) is 81.2 Å². The number of hydrogen-bond donors (Lipinski definition) is 2. The minimum Gasteiger partial charge on any atom is -0.441 e. The number of aryl methyl sites for hydroxylation is 1. The number of carbonyl (C=O) groups excluding carboxylic acids is 1. The van der Waals surface area contributed by atoms with E-state index in [4.69, 9.17) is 10.2 Å². The molecule has 2 rings (SSSR count). The highest BCUT2D eigenvalue weighted by molar-refractivity contribution is 5.95. The van der Waals surface area contributed by atoms with Crippen LogP contribution in [0.25, 0.3) is 11.3 Å². The summed E-state index contributed by atoms with van der Waals surface area (Å²) < 4.78 is 5.46. The molecule has 0 saturated heterocycles. The van der Waals surface area contributed by atoms with E-state index in [1.807, 2.05) is 38.1 Å². The van der Waals surface area contributed by atoms with Crippen molar-refractivity contribution in [1.82, 2.24) is 4.98 Å². The van der Waals surface area contributed by atoms with Gasteiger partial charge in [0, 0.05) is 18.2 Å². The SMILES string of the molecule is CCC(C)C(N)C(=O)Nc1ccc(-c2cnc(C)o2)cc1.Cl. The summed E-state index contributed by atoms with van der Waals surface area (Å²) in [5, 5.41) is 2.83. The quantitative estimate of drug-likeness (QED) is 0.883. The van der Waals surface area contributed by atoms with Crippen LogP contribution in [0.5, 0.6) is 0 Å². The average Bonchev–Trinajstić information content (AvgIpc) is 2.93. The smallest absolute Gasteiger partial charge is 0.241 e. The Morgan fingerprint density at radius 2 is 2.00 bits per heavy atom. The van der Waals surface area contributed by atoms with Crippen molar-refractivity contribution in [2.24, 2.45) is 11.7 Å². The number of benzene rings is 1. The van der Waals surface area contributed by atoms with Gasteiger partial charge in [0.05, 0.1) is 12.2 Å². The van der Waals surface area contributed by atoms with E-state index in [0.29, 0.717) is 11.7 Å². The first-order valence-electron chi connectivity index (χ1n) is 7.10. The molecule has 0 bridgehead atoms. The summed E-state index contributed by atoms with van der Waals surface area (Å²) in [5.41, 5.74) is 7.55. The van der Waals surface area contributed by atoms with E-state index in [9.17, 15) is 4.79 Å². The molecule has 5 nitrogen and oxygen atoms in total. The number of nitrogens with one attached hydrogen (secondary N) is 1. The molecule has 0 radical (unpaired) electrons. The molecule has 0 aliphatic heterocycles. The molecule has 2 atom stereocenters. The van der Waals surface area contributed by atoms with E-state index in [0.717, 1.165) is 17.7 Å². The number of amides is 1. The van der Waals surface area contributed by atoms with Gasteiger partial charge in [-0.25, -0.2) is 4.98 Å². The molecule has 120 valence electrons. The van der Waals surface area contributed by atoms with Crippen LogP contribution in [0.15, 0.2) is 34.9 Å². The van der Waals surface area contributed by atoms with Gasteiger partial charge < -0.3 is 15.5 Å². The highest BCUT2D eigenvalue weighted by Crippen LogP contribution is 2.22. The third kappa shape index (κ3) is 4.32. The van der Waals surface area contributed by atoms with Gasteiger partial charge >= 0.3 is 0 Å². The fourth-order valence-electron chi connectivity index (χ4n) is 1.95. The number of oxazole rings is 1. The molecule has 1 aromatic carbocycles. The average molecular weight is 324 g/mol. The lowest BCUT2D eigenvalue weighted by atomic mass is 9.99. The molecular formula is C16H22ClN3O2. The minimum absolute atomic E-state index is 0. The molecule has 2 aromatic rings. The molecule has 1 aromatic heterocycles. The number of hydrogen-bond acceptors (Lipinski definition) is 4. The van der Waals surface area contributed by atoms with Crippen LogP contribution in [-0.2, 0) is 4.79 Å². The molecule has 0 saturated carbocycles. The maximum Gasteiger partial charge on any atom is 0.241 e. The van der Waals surface area contributed by atoms with Gasteiger partial charge in [-0.1, -0.05) is 20.3 Å². The lowest BCUT2D eigenvalue weighted by Crippen LogP contribution is -2.40. The van der Waals surface area contributed by atoms with E-state index in [2.05, 4.69) is 10.3 Å². The molecule has 6 heteroatoms. The number of aromatic nitrogens is 1. The van der Waals surface area contributed by atoms with Gasteiger partial charge in [-0.2, -0.15) is 0 Å². The predicted octanol–water partition coefficient (Wildman–Crippen LogP) is 3.38. The van der Waals surface area contributed by atoms with Crippen molar-refractivity contribution in [3.8, 4) is 11.3 Å². The highest BCUT2D eigenvalue weighted by atomic mass is 35.5. The highest BCUT2D eigenvalue weighted by Gasteiger charge is 2.19. The van der Waals surface area contributed by atoms with Crippen LogP contribution in [-0.4, -0.2) is 16.9 Å². The van der Waals surface area contributed by atoms with Gasteiger partial charge in [-0.15, -0.1) is 12.4 Å². The van der Waals surface area contributed by atoms with Gasteiger partial charge in [0.2, 0.25) is 5.91 Å². The zero-order valence-electron chi connectivity index (χ0n) is 13.0. The molecular weight excluding hydrogens is 302 g/mol. The van der Waals surface area contributed by atoms with Gasteiger partial charge in [0.25, 0.3) is 0 Å². The molecule has 2 unspecified atom stereocenters. The van der Waals surface area contributed by atoms with Crippen LogP contribution in [0.2, 0.25) is 0 Å². The first kappa shape index (κ1) is 18.2. The van der Waals surface area contributed by atoms with Crippen LogP contribution >= 0.6 is 12.4 Å². The molecule has 22 heavy (non-hydrogen) atoms. The first-order valence-corrected chi connectivity index (χ1v) is 7.10. The molecule has 0 fully saturated rings. The summed E-state index contributed by atoms with van der Waals surface area (Å²) in [5.74, 6) is 1.33. The molecule has 3 N–H and O–H groups in total. The van der Waals surface area contributed by atoms with Crippen molar-refractivity contribution in [3.05, 3.63) is 36.4 Å². The van der Waals surface area contributed by atoms with E-state index < -0.39 is 6.04 Å². The van der Waals surface area contributed by atoms with Gasteiger partial charge in [0.1, 0.15) is 0 Å². The lowest BCUT2D eigenvalue weighted by molar-refractivity contribution is -0.118. The molecule has 0 aliphatic rings. The Balaban J connectivity index is 0.00000242. The van der Waals surface area contributed by atoms with Crippen molar-refractivity contribution in [2.45, 2.75) is 33.2 Å². The summed E-state index contributed by atoms with van der Waals surface area (Å²) in [4.78, 5) is 16.1. The third-order valence-electron chi connectivity index (χ3n) is 3.62. The second-order valence-electron chi connectivity index (χ2n) is 5.22. The van der Waals surface area contributed by atoms with Gasteiger partial charge in [-0.05, 0) is 30.2 Å².